The first-order chi connectivity index (χ1) is 14.3. The van der Waals surface area contributed by atoms with E-state index < -0.39 is 0 Å². The van der Waals surface area contributed by atoms with Crippen LogP contribution < -0.4 is 5.32 Å². The number of amides is 1. The number of fused-ring (bicyclic) bond motifs is 1. The zero-order valence-electron chi connectivity index (χ0n) is 16.2. The maximum Gasteiger partial charge on any atom is 0.230 e. The molecular formula is C21H24N4O2S2. The Morgan fingerprint density at radius 3 is 2.86 bits per heavy atom. The summed E-state index contributed by atoms with van der Waals surface area (Å²) in [5.41, 5.74) is 0.923. The second kappa shape index (κ2) is 10.2. The van der Waals surface area contributed by atoms with Crippen molar-refractivity contribution >= 4 is 39.9 Å². The highest BCUT2D eigenvalue weighted by Crippen LogP contribution is 2.25. The van der Waals surface area contributed by atoms with Crippen molar-refractivity contribution in [1.29, 1.82) is 0 Å². The molecule has 1 amide bonds. The number of nitrogens with one attached hydrogen (secondary N) is 1. The third kappa shape index (κ3) is 5.76. The zero-order chi connectivity index (χ0) is 19.9. The van der Waals surface area contributed by atoms with Crippen LogP contribution in [0.15, 0.2) is 46.8 Å². The van der Waals surface area contributed by atoms with E-state index in [1.54, 1.807) is 11.3 Å². The number of hydrogen-bond donors (Lipinski definition) is 1. The molecule has 152 valence electrons. The third-order valence-electron chi connectivity index (χ3n) is 4.70. The summed E-state index contributed by atoms with van der Waals surface area (Å²) in [6, 6.07) is 12.1. The van der Waals surface area contributed by atoms with Gasteiger partial charge >= 0.3 is 0 Å². The van der Waals surface area contributed by atoms with Crippen LogP contribution in [0.3, 0.4) is 0 Å². The van der Waals surface area contributed by atoms with Crippen molar-refractivity contribution in [2.24, 2.45) is 0 Å². The molecule has 0 aliphatic carbocycles. The molecule has 1 N–H and O–H groups in total. The smallest absolute Gasteiger partial charge is 0.230 e. The molecule has 0 unspecified atom stereocenters. The minimum atomic E-state index is 0.0315. The number of carbonyl (C=O) groups is 1. The molecule has 1 aliphatic heterocycles. The summed E-state index contributed by atoms with van der Waals surface area (Å²) >= 11 is 3.20. The predicted molar refractivity (Wildman–Crippen MR) is 117 cm³/mol. The van der Waals surface area contributed by atoms with Crippen molar-refractivity contribution < 1.29 is 9.53 Å². The summed E-state index contributed by atoms with van der Waals surface area (Å²) in [7, 11) is 0. The van der Waals surface area contributed by atoms with E-state index in [1.165, 1.54) is 16.6 Å². The van der Waals surface area contributed by atoms with Gasteiger partial charge in [-0.25, -0.2) is 9.97 Å². The highest BCUT2D eigenvalue weighted by atomic mass is 32.2. The lowest BCUT2D eigenvalue weighted by Gasteiger charge is -2.25. The molecule has 6 nitrogen and oxygen atoms in total. The molecule has 3 heterocycles. The summed E-state index contributed by atoms with van der Waals surface area (Å²) in [5.74, 6) is 1.18. The lowest BCUT2D eigenvalue weighted by Crippen LogP contribution is -2.36. The molecule has 8 heteroatoms. The molecule has 29 heavy (non-hydrogen) atoms. The van der Waals surface area contributed by atoms with Crippen LogP contribution in [0, 0.1) is 0 Å². The molecule has 2 aromatic heterocycles. The van der Waals surface area contributed by atoms with Gasteiger partial charge in [0.2, 0.25) is 5.91 Å². The fourth-order valence-corrected chi connectivity index (χ4v) is 4.78. The third-order valence-corrected chi connectivity index (χ3v) is 6.62. The SMILES string of the molecule is O=C(CSc1nc(CN2CCOCC2)nc2ccccc12)NCCc1cccs1. The monoisotopic (exact) mass is 428 g/mol. The Labute approximate surface area is 178 Å². The minimum Gasteiger partial charge on any atom is -0.379 e. The Kier molecular flexibility index (Phi) is 7.10. The van der Waals surface area contributed by atoms with Gasteiger partial charge in [0, 0.05) is 29.9 Å². The second-order valence-corrected chi connectivity index (χ2v) is 8.81. The second-order valence-electron chi connectivity index (χ2n) is 6.82. The Bertz CT molecular complexity index is 943. The maximum atomic E-state index is 12.3. The molecule has 1 saturated heterocycles. The average Bonchev–Trinajstić information content (AvgIpc) is 3.26. The molecule has 0 radical (unpaired) electrons. The number of rotatable bonds is 8. The van der Waals surface area contributed by atoms with Gasteiger partial charge in [-0.05, 0) is 23.9 Å². The van der Waals surface area contributed by atoms with Gasteiger partial charge in [0.1, 0.15) is 10.9 Å². The van der Waals surface area contributed by atoms with E-state index >= 15 is 0 Å². The Hall–Kier alpha value is -2.00. The van der Waals surface area contributed by atoms with E-state index in [4.69, 9.17) is 14.7 Å². The van der Waals surface area contributed by atoms with E-state index in [1.807, 2.05) is 30.3 Å². The van der Waals surface area contributed by atoms with Gasteiger partial charge in [-0.1, -0.05) is 36.0 Å². The van der Waals surface area contributed by atoms with Crippen LogP contribution in [0.2, 0.25) is 0 Å². The van der Waals surface area contributed by atoms with Crippen LogP contribution in [0.5, 0.6) is 0 Å². The number of hydrogen-bond acceptors (Lipinski definition) is 7. The van der Waals surface area contributed by atoms with Gasteiger partial charge in [-0.15, -0.1) is 11.3 Å². The first kappa shape index (κ1) is 20.3. The largest absolute Gasteiger partial charge is 0.379 e. The van der Waals surface area contributed by atoms with E-state index in [0.29, 0.717) is 18.8 Å². The van der Waals surface area contributed by atoms with Gasteiger partial charge in [0.05, 0.1) is 31.0 Å². The zero-order valence-corrected chi connectivity index (χ0v) is 17.8. The highest BCUT2D eigenvalue weighted by Gasteiger charge is 2.15. The van der Waals surface area contributed by atoms with E-state index in [9.17, 15) is 4.79 Å². The Morgan fingerprint density at radius 1 is 1.17 bits per heavy atom. The number of benzene rings is 1. The van der Waals surface area contributed by atoms with Crippen LogP contribution in [0.1, 0.15) is 10.7 Å². The Balaban J connectivity index is 1.39. The van der Waals surface area contributed by atoms with Crippen molar-refractivity contribution in [1.82, 2.24) is 20.2 Å². The van der Waals surface area contributed by atoms with E-state index in [-0.39, 0.29) is 5.91 Å². The van der Waals surface area contributed by atoms with Crippen molar-refractivity contribution in [3.63, 3.8) is 0 Å². The first-order valence-corrected chi connectivity index (χ1v) is 11.6. The first-order valence-electron chi connectivity index (χ1n) is 9.75. The average molecular weight is 429 g/mol. The highest BCUT2D eigenvalue weighted by molar-refractivity contribution is 8.00. The van der Waals surface area contributed by atoms with Gasteiger partial charge in [-0.2, -0.15) is 0 Å². The normalized spacial score (nSPS) is 14.9. The number of thioether (sulfide) groups is 1. The molecular weight excluding hydrogens is 404 g/mol. The quantitative estimate of drug-likeness (QED) is 0.440. The van der Waals surface area contributed by atoms with Gasteiger partial charge in [-0.3, -0.25) is 9.69 Å². The molecule has 0 atom stereocenters. The molecule has 1 aliphatic rings. The van der Waals surface area contributed by atoms with E-state index in [0.717, 1.165) is 54.5 Å². The number of aromatic nitrogens is 2. The molecule has 4 rings (SSSR count). The number of para-hydroxylation sites is 1. The summed E-state index contributed by atoms with van der Waals surface area (Å²) in [6.07, 6.45) is 0.869. The molecule has 1 aromatic carbocycles. The number of morpholine rings is 1. The van der Waals surface area contributed by atoms with Gasteiger partial charge in [0.15, 0.2) is 0 Å². The van der Waals surface area contributed by atoms with Crippen LogP contribution in [0.4, 0.5) is 0 Å². The predicted octanol–water partition coefficient (Wildman–Crippen LogP) is 2.97. The van der Waals surface area contributed by atoms with Crippen molar-refractivity contribution in [2.75, 3.05) is 38.6 Å². The summed E-state index contributed by atoms with van der Waals surface area (Å²) in [6.45, 7) is 4.65. The molecule has 1 fully saturated rings. The number of nitrogens with zero attached hydrogens (tertiary/aromatic N) is 3. The summed E-state index contributed by atoms with van der Waals surface area (Å²) in [5, 5.41) is 6.92. The summed E-state index contributed by atoms with van der Waals surface area (Å²) in [4.78, 5) is 25.4. The van der Waals surface area contributed by atoms with Gasteiger partial charge < -0.3 is 10.1 Å². The molecule has 3 aromatic rings. The number of thiophene rings is 1. The van der Waals surface area contributed by atoms with E-state index in [2.05, 4.69) is 21.7 Å². The van der Waals surface area contributed by atoms with Gasteiger partial charge in [0.25, 0.3) is 0 Å². The fourth-order valence-electron chi connectivity index (χ4n) is 3.20. The minimum absolute atomic E-state index is 0.0315. The molecule has 0 bridgehead atoms. The molecule has 0 saturated carbocycles. The van der Waals surface area contributed by atoms with Crippen molar-refractivity contribution in [2.45, 2.75) is 18.0 Å². The van der Waals surface area contributed by atoms with Crippen molar-refractivity contribution in [3.8, 4) is 0 Å². The maximum absolute atomic E-state index is 12.3. The van der Waals surface area contributed by atoms with Crippen LogP contribution in [-0.2, 0) is 22.5 Å². The lowest BCUT2D eigenvalue weighted by molar-refractivity contribution is -0.118. The number of ether oxygens (including phenoxy) is 1. The Morgan fingerprint density at radius 2 is 2.03 bits per heavy atom. The standard InChI is InChI=1S/C21H24N4O2S2/c26-20(22-8-7-16-4-3-13-28-16)15-29-21-17-5-1-2-6-18(17)23-19(24-21)14-25-9-11-27-12-10-25/h1-6,13H,7-12,14-15H2,(H,22,26). The number of carbonyl (C=O) groups excluding carboxylic acids is 1. The van der Waals surface area contributed by atoms with Crippen molar-refractivity contribution in [3.05, 3.63) is 52.5 Å². The van der Waals surface area contributed by atoms with Crippen LogP contribution in [0.25, 0.3) is 10.9 Å². The summed E-state index contributed by atoms with van der Waals surface area (Å²) < 4.78 is 5.42. The lowest BCUT2D eigenvalue weighted by atomic mass is 10.2. The van der Waals surface area contributed by atoms with Crippen LogP contribution in [-0.4, -0.2) is 59.4 Å². The molecule has 0 spiro atoms. The fraction of sp³-hybridized carbons (Fsp3) is 0.381. The topological polar surface area (TPSA) is 67.4 Å². The van der Waals surface area contributed by atoms with Crippen LogP contribution >= 0.6 is 23.1 Å².